The van der Waals surface area contributed by atoms with Crippen LogP contribution in [0.4, 0.5) is 5.82 Å². The standard InChI is InChI=1S/C23H34N6O4/c1-23(2,24)22(31)26-19(16-33-15-18-6-4-3-5-7-18)21(30)27-20-14-29(17-25-20)9-8-28-10-12-32-13-11-28/h3-7,14,17,19H,8-13,15-16,24H2,1-2H3,(H,26,31)(H,27,30). The summed E-state index contributed by atoms with van der Waals surface area (Å²) in [5.41, 5.74) is 5.73. The van der Waals surface area contributed by atoms with Gasteiger partial charge in [-0.25, -0.2) is 4.98 Å². The maximum Gasteiger partial charge on any atom is 0.250 e. The number of hydrogen-bond donors (Lipinski definition) is 3. The van der Waals surface area contributed by atoms with Crippen LogP contribution < -0.4 is 16.4 Å². The van der Waals surface area contributed by atoms with Crippen molar-refractivity contribution in [2.45, 2.75) is 38.6 Å². The summed E-state index contributed by atoms with van der Waals surface area (Å²) in [6.45, 7) is 8.46. The quantitative estimate of drug-likeness (QED) is 0.450. The van der Waals surface area contributed by atoms with Crippen LogP contribution in [0, 0.1) is 0 Å². The molecule has 1 aliphatic heterocycles. The summed E-state index contributed by atoms with van der Waals surface area (Å²) in [4.78, 5) is 31.9. The number of nitrogens with two attached hydrogens (primary N) is 1. The molecule has 0 bridgehead atoms. The number of carbonyl (C=O) groups excluding carboxylic acids is 2. The lowest BCUT2D eigenvalue weighted by Gasteiger charge is -2.26. The summed E-state index contributed by atoms with van der Waals surface area (Å²) in [7, 11) is 0. The Hall–Kier alpha value is -2.79. The number of hydrogen-bond acceptors (Lipinski definition) is 7. The summed E-state index contributed by atoms with van der Waals surface area (Å²) < 4.78 is 13.0. The van der Waals surface area contributed by atoms with Crippen molar-refractivity contribution in [1.82, 2.24) is 19.8 Å². The molecular formula is C23H34N6O4. The summed E-state index contributed by atoms with van der Waals surface area (Å²) in [6, 6.07) is 8.69. The molecule has 33 heavy (non-hydrogen) atoms. The molecule has 10 heteroatoms. The van der Waals surface area contributed by atoms with E-state index in [0.717, 1.165) is 45.0 Å². The first-order valence-electron chi connectivity index (χ1n) is 11.2. The smallest absolute Gasteiger partial charge is 0.250 e. The van der Waals surface area contributed by atoms with Gasteiger partial charge in [0.05, 0.1) is 38.3 Å². The molecule has 1 atom stereocenters. The average molecular weight is 459 g/mol. The zero-order valence-corrected chi connectivity index (χ0v) is 19.3. The van der Waals surface area contributed by atoms with E-state index in [4.69, 9.17) is 15.2 Å². The zero-order valence-electron chi connectivity index (χ0n) is 19.3. The SMILES string of the molecule is CC(C)(N)C(=O)NC(COCc1ccccc1)C(=O)Nc1cn(CCN2CCOCC2)cn1. The molecule has 2 amide bonds. The number of imidazole rings is 1. The van der Waals surface area contributed by atoms with E-state index in [1.54, 1.807) is 26.4 Å². The summed E-state index contributed by atoms with van der Waals surface area (Å²) in [6.07, 6.45) is 3.45. The van der Waals surface area contributed by atoms with Crippen LogP contribution in [0.1, 0.15) is 19.4 Å². The fourth-order valence-corrected chi connectivity index (χ4v) is 3.24. The summed E-state index contributed by atoms with van der Waals surface area (Å²) in [5.74, 6) is -0.447. The molecule has 0 saturated carbocycles. The fraction of sp³-hybridized carbons (Fsp3) is 0.522. The van der Waals surface area contributed by atoms with Crippen LogP contribution in [0.2, 0.25) is 0 Å². The second kappa shape index (κ2) is 11.9. The number of amides is 2. The van der Waals surface area contributed by atoms with Gasteiger partial charge < -0.3 is 30.4 Å². The van der Waals surface area contributed by atoms with Crippen molar-refractivity contribution in [2.75, 3.05) is 44.8 Å². The molecule has 3 rings (SSSR count). The van der Waals surface area contributed by atoms with E-state index in [1.807, 2.05) is 34.9 Å². The van der Waals surface area contributed by atoms with Crippen LogP contribution in [0.25, 0.3) is 0 Å². The van der Waals surface area contributed by atoms with Crippen molar-refractivity contribution < 1.29 is 19.1 Å². The average Bonchev–Trinajstić information content (AvgIpc) is 3.25. The van der Waals surface area contributed by atoms with E-state index in [9.17, 15) is 9.59 Å². The minimum absolute atomic E-state index is 0.000285. The highest BCUT2D eigenvalue weighted by Gasteiger charge is 2.28. The van der Waals surface area contributed by atoms with E-state index in [0.29, 0.717) is 12.4 Å². The van der Waals surface area contributed by atoms with Crippen molar-refractivity contribution in [1.29, 1.82) is 0 Å². The third-order valence-corrected chi connectivity index (χ3v) is 5.27. The van der Waals surface area contributed by atoms with Crippen molar-refractivity contribution >= 4 is 17.6 Å². The third kappa shape index (κ3) is 8.25. The number of nitrogens with zero attached hydrogens (tertiary/aromatic N) is 3. The number of anilines is 1. The van der Waals surface area contributed by atoms with Crippen LogP contribution in [0.15, 0.2) is 42.9 Å². The Morgan fingerprint density at radius 1 is 1.21 bits per heavy atom. The van der Waals surface area contributed by atoms with Crippen LogP contribution in [0.3, 0.4) is 0 Å². The van der Waals surface area contributed by atoms with E-state index < -0.39 is 23.4 Å². The Morgan fingerprint density at radius 2 is 1.94 bits per heavy atom. The first-order chi connectivity index (χ1) is 15.8. The molecule has 0 radical (unpaired) electrons. The largest absolute Gasteiger partial charge is 0.379 e. The molecule has 0 aliphatic carbocycles. The van der Waals surface area contributed by atoms with Crippen LogP contribution >= 0.6 is 0 Å². The van der Waals surface area contributed by atoms with E-state index in [-0.39, 0.29) is 6.61 Å². The summed E-state index contributed by atoms with van der Waals surface area (Å²) in [5, 5.41) is 5.45. The number of rotatable bonds is 11. The van der Waals surface area contributed by atoms with Crippen molar-refractivity contribution in [3.8, 4) is 0 Å². The second-order valence-electron chi connectivity index (χ2n) is 8.69. The van der Waals surface area contributed by atoms with Gasteiger partial charge in [-0.2, -0.15) is 0 Å². The van der Waals surface area contributed by atoms with Crippen molar-refractivity contribution in [2.24, 2.45) is 5.73 Å². The van der Waals surface area contributed by atoms with Gasteiger partial charge in [-0.15, -0.1) is 0 Å². The molecule has 2 heterocycles. The lowest BCUT2D eigenvalue weighted by Crippen LogP contribution is -2.56. The molecule has 1 aromatic carbocycles. The predicted molar refractivity (Wildman–Crippen MR) is 124 cm³/mol. The minimum atomic E-state index is -1.13. The molecule has 1 aliphatic rings. The number of aromatic nitrogens is 2. The van der Waals surface area contributed by atoms with Gasteiger partial charge in [0.2, 0.25) is 5.91 Å². The Morgan fingerprint density at radius 3 is 2.64 bits per heavy atom. The maximum absolute atomic E-state index is 12.9. The van der Waals surface area contributed by atoms with Crippen LogP contribution in [0.5, 0.6) is 0 Å². The zero-order chi connectivity index (χ0) is 23.7. The minimum Gasteiger partial charge on any atom is -0.379 e. The topological polar surface area (TPSA) is 124 Å². The van der Waals surface area contributed by atoms with Gasteiger partial charge in [0.15, 0.2) is 5.82 Å². The molecule has 1 saturated heterocycles. The lowest BCUT2D eigenvalue weighted by atomic mass is 10.1. The maximum atomic E-state index is 12.9. The highest BCUT2D eigenvalue weighted by molar-refractivity contribution is 5.97. The molecule has 0 spiro atoms. The summed E-state index contributed by atoms with van der Waals surface area (Å²) >= 11 is 0. The van der Waals surface area contributed by atoms with Crippen LogP contribution in [-0.4, -0.2) is 77.3 Å². The third-order valence-electron chi connectivity index (χ3n) is 5.27. The van der Waals surface area contributed by atoms with Crippen molar-refractivity contribution in [3.63, 3.8) is 0 Å². The van der Waals surface area contributed by atoms with E-state index in [2.05, 4.69) is 20.5 Å². The lowest BCUT2D eigenvalue weighted by molar-refractivity contribution is -0.130. The fourth-order valence-electron chi connectivity index (χ4n) is 3.24. The van der Waals surface area contributed by atoms with Gasteiger partial charge >= 0.3 is 0 Å². The normalized spacial score (nSPS) is 15.7. The first kappa shape index (κ1) is 24.8. The molecule has 10 nitrogen and oxygen atoms in total. The van der Waals surface area contributed by atoms with Crippen LogP contribution in [-0.2, 0) is 32.2 Å². The number of morpholine rings is 1. The molecular weight excluding hydrogens is 424 g/mol. The highest BCUT2D eigenvalue weighted by Crippen LogP contribution is 2.07. The number of carbonyl (C=O) groups is 2. The van der Waals surface area contributed by atoms with Gasteiger partial charge in [0.25, 0.3) is 5.91 Å². The predicted octanol–water partition coefficient (Wildman–Crippen LogP) is 0.593. The van der Waals surface area contributed by atoms with E-state index >= 15 is 0 Å². The molecule has 2 aromatic rings. The second-order valence-corrected chi connectivity index (χ2v) is 8.69. The Bertz CT molecular complexity index is 890. The molecule has 1 fully saturated rings. The Balaban J connectivity index is 1.55. The van der Waals surface area contributed by atoms with E-state index in [1.165, 1.54) is 0 Å². The van der Waals surface area contributed by atoms with Gasteiger partial charge in [0.1, 0.15) is 6.04 Å². The number of benzene rings is 1. The van der Waals surface area contributed by atoms with Crippen molar-refractivity contribution in [3.05, 3.63) is 48.4 Å². The molecule has 180 valence electrons. The van der Waals surface area contributed by atoms with Gasteiger partial charge in [-0.05, 0) is 19.4 Å². The van der Waals surface area contributed by atoms with Gasteiger partial charge in [0, 0.05) is 32.4 Å². The first-order valence-corrected chi connectivity index (χ1v) is 11.2. The monoisotopic (exact) mass is 458 g/mol. The number of ether oxygens (including phenoxy) is 2. The molecule has 4 N–H and O–H groups in total. The molecule has 1 unspecified atom stereocenters. The number of nitrogens with one attached hydrogen (secondary N) is 2. The Labute approximate surface area is 194 Å². The van der Waals surface area contributed by atoms with Gasteiger partial charge in [-0.1, -0.05) is 30.3 Å². The Kier molecular flexibility index (Phi) is 8.95. The van der Waals surface area contributed by atoms with Gasteiger partial charge in [-0.3, -0.25) is 14.5 Å². The molecule has 1 aromatic heterocycles. The highest BCUT2D eigenvalue weighted by atomic mass is 16.5.